The monoisotopic (exact) mass is 402 g/mol. The second kappa shape index (κ2) is 11.6. The number of para-hydroxylation sites is 2. The van der Waals surface area contributed by atoms with E-state index in [-0.39, 0.29) is 17.9 Å². The SMILES string of the molecule is C=CCOc1ccccc1OCC(O)CNCCOc1ccc(O)c(C(N)=O)c1. The number of hydrogen-bond acceptors (Lipinski definition) is 7. The van der Waals surface area contributed by atoms with Crippen molar-refractivity contribution in [3.05, 3.63) is 60.7 Å². The number of nitrogens with one attached hydrogen (secondary N) is 1. The molecule has 0 radical (unpaired) electrons. The summed E-state index contributed by atoms with van der Waals surface area (Å²) in [7, 11) is 0. The summed E-state index contributed by atoms with van der Waals surface area (Å²) in [5.41, 5.74) is 5.18. The van der Waals surface area contributed by atoms with Crippen LogP contribution in [0.15, 0.2) is 55.1 Å². The number of aliphatic hydroxyl groups excluding tert-OH is 1. The highest BCUT2D eigenvalue weighted by molar-refractivity contribution is 5.95. The van der Waals surface area contributed by atoms with E-state index in [4.69, 9.17) is 19.9 Å². The minimum Gasteiger partial charge on any atom is -0.507 e. The molecular formula is C21H26N2O6. The van der Waals surface area contributed by atoms with Gasteiger partial charge in [-0.1, -0.05) is 24.8 Å². The molecular weight excluding hydrogens is 376 g/mol. The first-order valence-electron chi connectivity index (χ1n) is 9.11. The Kier molecular flexibility index (Phi) is 8.81. The maximum atomic E-state index is 11.2. The van der Waals surface area contributed by atoms with Crippen LogP contribution in [0.1, 0.15) is 10.4 Å². The smallest absolute Gasteiger partial charge is 0.252 e. The van der Waals surface area contributed by atoms with Crippen molar-refractivity contribution in [3.8, 4) is 23.0 Å². The van der Waals surface area contributed by atoms with Crippen LogP contribution < -0.4 is 25.3 Å². The van der Waals surface area contributed by atoms with Crippen LogP contribution in [0.5, 0.6) is 23.0 Å². The molecule has 1 unspecified atom stereocenters. The highest BCUT2D eigenvalue weighted by Crippen LogP contribution is 2.26. The minimum absolute atomic E-state index is 0.000353. The lowest BCUT2D eigenvalue weighted by atomic mass is 10.2. The molecule has 0 spiro atoms. The molecule has 29 heavy (non-hydrogen) atoms. The summed E-state index contributed by atoms with van der Waals surface area (Å²) in [4.78, 5) is 11.2. The third kappa shape index (κ3) is 7.36. The Balaban J connectivity index is 1.68. The fourth-order valence-electron chi connectivity index (χ4n) is 2.39. The molecule has 1 amide bonds. The summed E-state index contributed by atoms with van der Waals surface area (Å²) in [6, 6.07) is 11.5. The molecule has 5 N–H and O–H groups in total. The normalized spacial score (nSPS) is 11.5. The fraction of sp³-hybridized carbons (Fsp3) is 0.286. The number of primary amides is 1. The number of benzene rings is 2. The highest BCUT2D eigenvalue weighted by Gasteiger charge is 2.10. The molecule has 0 aliphatic heterocycles. The first-order valence-corrected chi connectivity index (χ1v) is 9.11. The number of carbonyl (C=O) groups is 1. The van der Waals surface area contributed by atoms with Crippen LogP contribution in [0.2, 0.25) is 0 Å². The number of amides is 1. The van der Waals surface area contributed by atoms with Crippen LogP contribution in [0.3, 0.4) is 0 Å². The van der Waals surface area contributed by atoms with E-state index in [1.165, 1.54) is 18.2 Å². The van der Waals surface area contributed by atoms with Crippen molar-refractivity contribution >= 4 is 5.91 Å². The van der Waals surface area contributed by atoms with Gasteiger partial charge in [0.1, 0.15) is 37.4 Å². The molecule has 1 atom stereocenters. The Hall–Kier alpha value is -3.23. The average Bonchev–Trinajstić information content (AvgIpc) is 2.72. The summed E-state index contributed by atoms with van der Waals surface area (Å²) in [5.74, 6) is 0.631. The Bertz CT molecular complexity index is 812. The summed E-state index contributed by atoms with van der Waals surface area (Å²) >= 11 is 0. The molecule has 8 heteroatoms. The van der Waals surface area contributed by atoms with Crippen molar-refractivity contribution in [1.82, 2.24) is 5.32 Å². The predicted molar refractivity (Wildman–Crippen MR) is 109 cm³/mol. The lowest BCUT2D eigenvalue weighted by Crippen LogP contribution is -2.33. The fourth-order valence-corrected chi connectivity index (χ4v) is 2.39. The zero-order valence-corrected chi connectivity index (χ0v) is 16.0. The molecule has 8 nitrogen and oxygen atoms in total. The Morgan fingerprint density at radius 1 is 1.17 bits per heavy atom. The summed E-state index contributed by atoms with van der Waals surface area (Å²) in [5, 5.41) is 22.7. The largest absolute Gasteiger partial charge is 0.507 e. The van der Waals surface area contributed by atoms with E-state index in [9.17, 15) is 15.0 Å². The molecule has 156 valence electrons. The zero-order chi connectivity index (χ0) is 21.1. The predicted octanol–water partition coefficient (Wildman–Crippen LogP) is 1.46. The Labute approximate surface area is 169 Å². The number of rotatable bonds is 13. The van der Waals surface area contributed by atoms with Gasteiger partial charge in [-0.15, -0.1) is 0 Å². The van der Waals surface area contributed by atoms with E-state index in [0.717, 1.165) is 0 Å². The molecule has 2 aromatic carbocycles. The molecule has 0 aliphatic rings. The zero-order valence-electron chi connectivity index (χ0n) is 16.0. The van der Waals surface area contributed by atoms with Crippen LogP contribution in [-0.4, -0.2) is 55.1 Å². The van der Waals surface area contributed by atoms with Crippen molar-refractivity contribution in [2.24, 2.45) is 5.73 Å². The summed E-state index contributed by atoms with van der Waals surface area (Å²) in [6.07, 6.45) is 0.919. The number of aliphatic hydroxyl groups is 1. The van der Waals surface area contributed by atoms with E-state index < -0.39 is 12.0 Å². The van der Waals surface area contributed by atoms with Gasteiger partial charge in [0.25, 0.3) is 5.91 Å². The van der Waals surface area contributed by atoms with Crippen molar-refractivity contribution < 1.29 is 29.2 Å². The molecule has 0 aromatic heterocycles. The van der Waals surface area contributed by atoms with E-state index in [1.807, 2.05) is 12.1 Å². The quantitative estimate of drug-likeness (QED) is 0.295. The van der Waals surface area contributed by atoms with Crippen LogP contribution in [0, 0.1) is 0 Å². The maximum Gasteiger partial charge on any atom is 0.252 e. The Morgan fingerprint density at radius 2 is 1.90 bits per heavy atom. The Morgan fingerprint density at radius 3 is 2.59 bits per heavy atom. The number of nitrogens with two attached hydrogens (primary N) is 1. The number of ether oxygens (including phenoxy) is 3. The van der Waals surface area contributed by atoms with Gasteiger partial charge in [-0.2, -0.15) is 0 Å². The lowest BCUT2D eigenvalue weighted by Gasteiger charge is -2.15. The van der Waals surface area contributed by atoms with Gasteiger partial charge in [0.15, 0.2) is 11.5 Å². The summed E-state index contributed by atoms with van der Waals surface area (Å²) in [6.45, 7) is 5.14. The van der Waals surface area contributed by atoms with E-state index in [1.54, 1.807) is 18.2 Å². The third-order valence-corrected chi connectivity index (χ3v) is 3.80. The van der Waals surface area contributed by atoms with Gasteiger partial charge >= 0.3 is 0 Å². The first kappa shape index (κ1) is 22.1. The van der Waals surface area contributed by atoms with Crippen molar-refractivity contribution in [2.75, 3.05) is 32.9 Å². The van der Waals surface area contributed by atoms with Crippen LogP contribution in [0.25, 0.3) is 0 Å². The van der Waals surface area contributed by atoms with E-state index in [0.29, 0.717) is 43.6 Å². The van der Waals surface area contributed by atoms with Gasteiger partial charge in [-0.3, -0.25) is 4.79 Å². The van der Waals surface area contributed by atoms with Crippen molar-refractivity contribution in [2.45, 2.75) is 6.10 Å². The standard InChI is InChI=1S/C21H26N2O6/c1-2-10-28-19-5-3-4-6-20(19)29-14-15(24)13-23-9-11-27-16-7-8-18(25)17(12-16)21(22)26/h2-8,12,15,23-25H,1,9-11,13-14H2,(H2,22,26). The van der Waals surface area contributed by atoms with Crippen LogP contribution >= 0.6 is 0 Å². The van der Waals surface area contributed by atoms with Gasteiger partial charge in [0, 0.05) is 13.1 Å². The van der Waals surface area contributed by atoms with Gasteiger partial charge < -0.3 is 35.5 Å². The molecule has 0 bridgehead atoms. The topological polar surface area (TPSA) is 123 Å². The van der Waals surface area contributed by atoms with Gasteiger partial charge in [-0.25, -0.2) is 0 Å². The molecule has 0 saturated carbocycles. The van der Waals surface area contributed by atoms with Gasteiger partial charge in [-0.05, 0) is 30.3 Å². The van der Waals surface area contributed by atoms with Crippen LogP contribution in [-0.2, 0) is 0 Å². The molecule has 0 saturated heterocycles. The second-order valence-electron chi connectivity index (χ2n) is 6.11. The number of phenols is 1. The van der Waals surface area contributed by atoms with Gasteiger partial charge in [0.2, 0.25) is 0 Å². The van der Waals surface area contributed by atoms with Crippen molar-refractivity contribution in [3.63, 3.8) is 0 Å². The number of aromatic hydroxyl groups is 1. The maximum absolute atomic E-state index is 11.2. The second-order valence-corrected chi connectivity index (χ2v) is 6.11. The van der Waals surface area contributed by atoms with E-state index >= 15 is 0 Å². The number of hydrogen-bond donors (Lipinski definition) is 4. The van der Waals surface area contributed by atoms with E-state index in [2.05, 4.69) is 11.9 Å². The lowest BCUT2D eigenvalue weighted by molar-refractivity contribution is 0.0996. The molecule has 2 rings (SSSR count). The average molecular weight is 402 g/mol. The minimum atomic E-state index is -0.731. The molecule has 0 aliphatic carbocycles. The first-order chi connectivity index (χ1) is 14.0. The molecule has 2 aromatic rings. The summed E-state index contributed by atoms with van der Waals surface area (Å²) < 4.78 is 16.6. The molecule has 0 fully saturated rings. The highest BCUT2D eigenvalue weighted by atomic mass is 16.5. The van der Waals surface area contributed by atoms with Crippen LogP contribution in [0.4, 0.5) is 0 Å². The van der Waals surface area contributed by atoms with Crippen molar-refractivity contribution in [1.29, 1.82) is 0 Å². The molecule has 0 heterocycles. The van der Waals surface area contributed by atoms with Gasteiger partial charge in [0.05, 0.1) is 5.56 Å². The third-order valence-electron chi connectivity index (χ3n) is 3.80. The number of carbonyl (C=O) groups excluding carboxylic acids is 1.